The van der Waals surface area contributed by atoms with Crippen LogP contribution in [0, 0.1) is 10.1 Å². The summed E-state index contributed by atoms with van der Waals surface area (Å²) >= 11 is 0. The number of para-hydroxylation sites is 1. The molecule has 2 aromatic carbocycles. The summed E-state index contributed by atoms with van der Waals surface area (Å²) in [5.41, 5.74) is -0.399. The van der Waals surface area contributed by atoms with Crippen LogP contribution in [0.15, 0.2) is 76.4 Å². The molecule has 26 heavy (non-hydrogen) atoms. The molecule has 0 spiro atoms. The van der Waals surface area contributed by atoms with Crippen LogP contribution in [0.2, 0.25) is 0 Å². The highest BCUT2D eigenvalue weighted by atomic mass is 16.6. The SMILES string of the molecule is O=c1ccn(C(OCc2ccccc2)c2ccccc2[N+](=O)[O-])c(=O)[nH]1. The Morgan fingerprint density at radius 1 is 1.04 bits per heavy atom. The summed E-state index contributed by atoms with van der Waals surface area (Å²) in [6.07, 6.45) is 0.189. The van der Waals surface area contributed by atoms with E-state index in [1.165, 1.54) is 24.4 Å². The molecule has 0 amide bonds. The maximum atomic E-state index is 12.2. The zero-order chi connectivity index (χ0) is 18.5. The third-order valence-electron chi connectivity index (χ3n) is 3.75. The number of ether oxygens (including phenoxy) is 1. The molecule has 1 aromatic heterocycles. The van der Waals surface area contributed by atoms with Gasteiger partial charge in [-0.15, -0.1) is 0 Å². The van der Waals surface area contributed by atoms with Gasteiger partial charge in [-0.05, 0) is 11.6 Å². The van der Waals surface area contributed by atoms with E-state index in [1.54, 1.807) is 6.07 Å². The van der Waals surface area contributed by atoms with Crippen molar-refractivity contribution in [1.82, 2.24) is 9.55 Å². The third kappa shape index (κ3) is 3.76. The number of aromatic nitrogens is 2. The minimum absolute atomic E-state index is 0.128. The summed E-state index contributed by atoms with van der Waals surface area (Å²) in [5, 5.41) is 11.4. The number of H-pyrrole nitrogens is 1. The van der Waals surface area contributed by atoms with E-state index >= 15 is 0 Å². The van der Waals surface area contributed by atoms with Gasteiger partial charge in [-0.3, -0.25) is 24.5 Å². The van der Waals surface area contributed by atoms with E-state index in [2.05, 4.69) is 4.98 Å². The number of nitro benzene ring substituents is 1. The lowest BCUT2D eigenvalue weighted by molar-refractivity contribution is -0.386. The van der Waals surface area contributed by atoms with Crippen molar-refractivity contribution in [2.75, 3.05) is 0 Å². The molecular weight excluding hydrogens is 338 g/mol. The summed E-state index contributed by atoms with van der Waals surface area (Å²) in [6, 6.07) is 16.4. The van der Waals surface area contributed by atoms with Crippen molar-refractivity contribution in [3.63, 3.8) is 0 Å². The van der Waals surface area contributed by atoms with Crippen molar-refractivity contribution in [1.29, 1.82) is 0 Å². The van der Waals surface area contributed by atoms with Gasteiger partial charge in [0, 0.05) is 18.3 Å². The molecule has 3 rings (SSSR count). The van der Waals surface area contributed by atoms with E-state index in [9.17, 15) is 19.7 Å². The Balaban J connectivity index is 2.06. The number of nitro groups is 1. The number of nitrogens with zero attached hydrogens (tertiary/aromatic N) is 2. The van der Waals surface area contributed by atoms with E-state index in [-0.39, 0.29) is 17.9 Å². The summed E-state index contributed by atoms with van der Waals surface area (Å²) in [4.78, 5) is 36.5. The molecule has 1 N–H and O–H groups in total. The van der Waals surface area contributed by atoms with Crippen molar-refractivity contribution in [2.45, 2.75) is 12.8 Å². The lowest BCUT2D eigenvalue weighted by Crippen LogP contribution is -2.33. The van der Waals surface area contributed by atoms with Gasteiger partial charge in [0.2, 0.25) is 0 Å². The Hall–Kier alpha value is -3.52. The minimum Gasteiger partial charge on any atom is -0.349 e. The third-order valence-corrected chi connectivity index (χ3v) is 3.75. The molecule has 132 valence electrons. The molecule has 0 radical (unpaired) electrons. The van der Waals surface area contributed by atoms with Crippen LogP contribution < -0.4 is 11.2 Å². The molecule has 0 aliphatic rings. The van der Waals surface area contributed by atoms with E-state index in [0.717, 1.165) is 16.2 Å². The van der Waals surface area contributed by atoms with Crippen molar-refractivity contribution >= 4 is 5.69 Å². The number of hydrogen-bond donors (Lipinski definition) is 1. The number of aromatic amines is 1. The molecule has 0 saturated heterocycles. The van der Waals surface area contributed by atoms with Gasteiger partial charge >= 0.3 is 5.69 Å². The van der Waals surface area contributed by atoms with Crippen molar-refractivity contribution in [3.8, 4) is 0 Å². The molecule has 1 atom stereocenters. The molecule has 0 fully saturated rings. The fourth-order valence-corrected chi connectivity index (χ4v) is 2.54. The molecule has 8 heteroatoms. The smallest absolute Gasteiger partial charge is 0.330 e. The molecule has 0 aliphatic carbocycles. The zero-order valence-electron chi connectivity index (χ0n) is 13.6. The molecule has 1 heterocycles. The first-order chi connectivity index (χ1) is 12.6. The predicted octanol–water partition coefficient (Wildman–Crippen LogP) is 2.21. The van der Waals surface area contributed by atoms with Gasteiger partial charge < -0.3 is 4.74 Å². The monoisotopic (exact) mass is 353 g/mol. The van der Waals surface area contributed by atoms with Gasteiger partial charge in [0.25, 0.3) is 11.2 Å². The van der Waals surface area contributed by atoms with Crippen molar-refractivity contribution in [2.24, 2.45) is 0 Å². The fourth-order valence-electron chi connectivity index (χ4n) is 2.54. The molecule has 0 bridgehead atoms. The van der Waals surface area contributed by atoms with Crippen molar-refractivity contribution < 1.29 is 9.66 Å². The van der Waals surface area contributed by atoms with Crippen LogP contribution >= 0.6 is 0 Å². The van der Waals surface area contributed by atoms with Gasteiger partial charge in [0.05, 0.1) is 17.1 Å². The van der Waals surface area contributed by atoms with E-state index in [1.807, 2.05) is 30.3 Å². The lowest BCUT2D eigenvalue weighted by atomic mass is 10.1. The van der Waals surface area contributed by atoms with Crippen LogP contribution in [0.5, 0.6) is 0 Å². The molecule has 3 aromatic rings. The summed E-state index contributed by atoms with van der Waals surface area (Å²) in [6.45, 7) is 0.128. The topological polar surface area (TPSA) is 107 Å². The Labute approximate surface area is 147 Å². The second-order valence-electron chi connectivity index (χ2n) is 5.48. The van der Waals surface area contributed by atoms with Gasteiger partial charge in [0.1, 0.15) is 0 Å². The van der Waals surface area contributed by atoms with Crippen LogP contribution in [-0.2, 0) is 11.3 Å². The highest BCUT2D eigenvalue weighted by molar-refractivity contribution is 5.41. The highest BCUT2D eigenvalue weighted by Gasteiger charge is 2.25. The lowest BCUT2D eigenvalue weighted by Gasteiger charge is -2.20. The molecular formula is C18H15N3O5. The first-order valence-corrected chi connectivity index (χ1v) is 7.76. The molecule has 8 nitrogen and oxygen atoms in total. The Morgan fingerprint density at radius 3 is 2.42 bits per heavy atom. The highest BCUT2D eigenvalue weighted by Crippen LogP contribution is 2.28. The van der Waals surface area contributed by atoms with Crippen molar-refractivity contribution in [3.05, 3.63) is 109 Å². The fraction of sp³-hybridized carbons (Fsp3) is 0.111. The Morgan fingerprint density at radius 2 is 1.73 bits per heavy atom. The van der Waals surface area contributed by atoms with E-state index in [0.29, 0.717) is 0 Å². The van der Waals surface area contributed by atoms with Gasteiger partial charge in [-0.1, -0.05) is 42.5 Å². The number of benzene rings is 2. The minimum atomic E-state index is -1.07. The average Bonchev–Trinajstić information content (AvgIpc) is 2.64. The van der Waals surface area contributed by atoms with Gasteiger partial charge in [-0.25, -0.2) is 4.79 Å². The van der Waals surface area contributed by atoms with Crippen LogP contribution in [-0.4, -0.2) is 14.5 Å². The van der Waals surface area contributed by atoms with Crippen LogP contribution in [0.3, 0.4) is 0 Å². The molecule has 0 aliphatic heterocycles. The predicted molar refractivity (Wildman–Crippen MR) is 93.8 cm³/mol. The number of rotatable bonds is 6. The number of nitrogens with one attached hydrogen (secondary N) is 1. The Kier molecular flexibility index (Phi) is 5.04. The average molecular weight is 353 g/mol. The largest absolute Gasteiger partial charge is 0.349 e. The summed E-state index contributed by atoms with van der Waals surface area (Å²) in [7, 11) is 0. The first kappa shape index (κ1) is 17.3. The van der Waals surface area contributed by atoms with Crippen LogP contribution in [0.25, 0.3) is 0 Å². The zero-order valence-corrected chi connectivity index (χ0v) is 13.6. The van der Waals surface area contributed by atoms with Gasteiger partial charge in [0.15, 0.2) is 6.23 Å². The quantitative estimate of drug-likeness (QED) is 0.540. The molecule has 1 unspecified atom stereocenters. The standard InChI is InChI=1S/C18H15N3O5/c22-16-10-11-20(18(23)19-16)17(26-12-13-6-2-1-3-7-13)14-8-4-5-9-15(14)21(24)25/h1-11,17H,12H2,(H,19,22,23). The number of hydrogen-bond acceptors (Lipinski definition) is 5. The molecule has 0 saturated carbocycles. The Bertz CT molecular complexity index is 1030. The van der Waals surface area contributed by atoms with E-state index in [4.69, 9.17) is 4.74 Å². The first-order valence-electron chi connectivity index (χ1n) is 7.76. The van der Waals surface area contributed by atoms with E-state index < -0.39 is 22.4 Å². The summed E-state index contributed by atoms with van der Waals surface area (Å²) < 4.78 is 6.97. The maximum Gasteiger partial charge on any atom is 0.330 e. The normalized spacial score (nSPS) is 11.8. The second-order valence-corrected chi connectivity index (χ2v) is 5.48. The van der Waals surface area contributed by atoms with Gasteiger partial charge in [-0.2, -0.15) is 0 Å². The van der Waals surface area contributed by atoms with Crippen LogP contribution in [0.4, 0.5) is 5.69 Å². The van der Waals surface area contributed by atoms with Crippen LogP contribution in [0.1, 0.15) is 17.4 Å². The maximum absolute atomic E-state index is 12.2. The second kappa shape index (κ2) is 7.58. The summed E-state index contributed by atoms with van der Waals surface area (Å²) in [5.74, 6) is 0.